The lowest BCUT2D eigenvalue weighted by atomic mass is 9.87. The monoisotopic (exact) mass is 644 g/mol. The Morgan fingerprint density at radius 1 is 0.826 bits per heavy atom. The molecule has 4 rings (SSSR count). The fraction of sp³-hybridized carbons (Fsp3) is 0.314. The van der Waals surface area contributed by atoms with Gasteiger partial charge < -0.3 is 15.2 Å². The Labute approximate surface area is 270 Å². The first-order valence-corrected chi connectivity index (χ1v) is 16.3. The maximum Gasteiger partial charge on any atom is 0.408 e. The molecule has 0 aliphatic carbocycles. The number of nitrogens with one attached hydrogen (secondary N) is 1. The smallest absolute Gasteiger partial charge is 0.408 e. The molecule has 0 spiro atoms. The molecule has 2 aromatic heterocycles. The summed E-state index contributed by atoms with van der Waals surface area (Å²) in [4.78, 5) is 33.1. The zero-order valence-corrected chi connectivity index (χ0v) is 27.5. The van der Waals surface area contributed by atoms with E-state index >= 15 is 0 Å². The molecular weight excluding hydrogens is 604 g/mol. The zero-order chi connectivity index (χ0) is 33.5. The molecule has 242 valence electrons. The summed E-state index contributed by atoms with van der Waals surface area (Å²) in [6.45, 7) is 8.60. The summed E-state index contributed by atoms with van der Waals surface area (Å²) < 4.78 is 34.5. The van der Waals surface area contributed by atoms with Crippen LogP contribution in [0.3, 0.4) is 0 Å². The number of carbonyl (C=O) groups excluding carboxylic acids is 1. The van der Waals surface area contributed by atoms with Gasteiger partial charge >= 0.3 is 12.1 Å². The molecule has 0 aliphatic rings. The highest BCUT2D eigenvalue weighted by molar-refractivity contribution is 7.89. The molecule has 0 bridgehead atoms. The summed E-state index contributed by atoms with van der Waals surface area (Å²) in [5.74, 6) is -1.16. The predicted molar refractivity (Wildman–Crippen MR) is 175 cm³/mol. The van der Waals surface area contributed by atoms with E-state index in [1.807, 2.05) is 54.6 Å². The van der Waals surface area contributed by atoms with Gasteiger partial charge in [-0.3, -0.25) is 4.98 Å². The second-order valence-electron chi connectivity index (χ2n) is 12.7. The predicted octanol–water partition coefficient (Wildman–Crippen LogP) is 6.08. The maximum atomic E-state index is 13.8. The Hall–Kier alpha value is -4.61. The lowest BCUT2D eigenvalue weighted by Gasteiger charge is -2.30. The van der Waals surface area contributed by atoms with E-state index in [1.165, 1.54) is 16.6 Å². The molecule has 11 heteroatoms. The number of benzene rings is 2. The second-order valence-corrected chi connectivity index (χ2v) is 14.6. The van der Waals surface area contributed by atoms with Gasteiger partial charge in [0.1, 0.15) is 11.6 Å². The fourth-order valence-corrected chi connectivity index (χ4v) is 6.24. The van der Waals surface area contributed by atoms with Crippen molar-refractivity contribution < 1.29 is 27.9 Å². The van der Waals surface area contributed by atoms with Gasteiger partial charge in [-0.2, -0.15) is 4.31 Å². The van der Waals surface area contributed by atoms with E-state index in [4.69, 9.17) is 9.72 Å². The van der Waals surface area contributed by atoms with Crippen LogP contribution in [-0.4, -0.2) is 51.5 Å². The standard InChI is InChI=1S/C35H40N4O6S/c1-34(2,3)31(32(40)41)38-33(42)45-35(4,5)22-28-14-11-15-29(37-28)24-39(46(43,44)30-16-9-10-21-36-30)23-25-17-19-27(20-18-25)26-12-7-6-8-13-26/h6-21,31H,22-24H2,1-5H3,(H,38,42)(H,40,41). The highest BCUT2D eigenvalue weighted by Crippen LogP contribution is 2.24. The van der Waals surface area contributed by atoms with Gasteiger partial charge in [0.05, 0.1) is 12.2 Å². The average Bonchev–Trinajstić information content (AvgIpc) is 3.00. The number of hydrogen-bond acceptors (Lipinski definition) is 7. The SMILES string of the molecule is CC(C)(Cc1cccc(CN(Cc2ccc(-c3ccccc3)cc2)S(=O)(=O)c2ccccn2)n1)OC(=O)NC(C(=O)O)C(C)(C)C. The highest BCUT2D eigenvalue weighted by atomic mass is 32.2. The van der Waals surface area contributed by atoms with Crippen LogP contribution in [0.1, 0.15) is 51.6 Å². The first kappa shape index (κ1) is 34.3. The summed E-state index contributed by atoms with van der Waals surface area (Å²) in [7, 11) is -4.00. The number of aliphatic carboxylic acids is 1. The van der Waals surface area contributed by atoms with Gasteiger partial charge in [-0.25, -0.2) is 23.0 Å². The molecule has 1 atom stereocenters. The third kappa shape index (κ3) is 9.21. The minimum atomic E-state index is -4.00. The third-order valence-corrected chi connectivity index (χ3v) is 8.92. The molecule has 0 saturated carbocycles. The van der Waals surface area contributed by atoms with E-state index in [0.29, 0.717) is 11.4 Å². The molecule has 2 heterocycles. The topological polar surface area (TPSA) is 139 Å². The molecule has 1 unspecified atom stereocenters. The lowest BCUT2D eigenvalue weighted by Crippen LogP contribution is -2.50. The molecule has 2 aromatic carbocycles. The number of carboxylic acids is 1. The summed E-state index contributed by atoms with van der Waals surface area (Å²) in [5.41, 5.74) is 2.18. The summed E-state index contributed by atoms with van der Waals surface area (Å²) >= 11 is 0. The Morgan fingerprint density at radius 3 is 2.07 bits per heavy atom. The average molecular weight is 645 g/mol. The molecule has 10 nitrogen and oxygen atoms in total. The third-order valence-electron chi connectivity index (χ3n) is 7.22. The van der Waals surface area contributed by atoms with Crippen LogP contribution >= 0.6 is 0 Å². The zero-order valence-electron chi connectivity index (χ0n) is 26.7. The summed E-state index contributed by atoms with van der Waals surface area (Å²) in [5, 5.41) is 11.9. The quantitative estimate of drug-likeness (QED) is 0.189. The number of alkyl carbamates (subject to hydrolysis) is 1. The van der Waals surface area contributed by atoms with Gasteiger partial charge in [0.2, 0.25) is 0 Å². The molecular formula is C35H40N4O6S. The van der Waals surface area contributed by atoms with E-state index in [0.717, 1.165) is 16.7 Å². The first-order valence-electron chi connectivity index (χ1n) is 14.9. The van der Waals surface area contributed by atoms with E-state index in [1.54, 1.807) is 65.0 Å². The molecule has 4 aromatic rings. The highest BCUT2D eigenvalue weighted by Gasteiger charge is 2.35. The van der Waals surface area contributed by atoms with E-state index in [2.05, 4.69) is 10.3 Å². The second kappa shape index (κ2) is 14.2. The fourth-order valence-electron chi connectivity index (χ4n) is 4.91. The van der Waals surface area contributed by atoms with Gasteiger partial charge in [0.15, 0.2) is 5.03 Å². The van der Waals surface area contributed by atoms with Crippen molar-refractivity contribution in [2.24, 2.45) is 5.41 Å². The number of rotatable bonds is 12. The number of carboxylic acid groups (broad SMARTS) is 1. The Morgan fingerprint density at radius 2 is 1.46 bits per heavy atom. The number of carbonyl (C=O) groups is 2. The molecule has 2 N–H and O–H groups in total. The first-order chi connectivity index (χ1) is 21.6. The molecule has 0 fully saturated rings. The minimum absolute atomic E-state index is 0.0270. The van der Waals surface area contributed by atoms with E-state index < -0.39 is 39.1 Å². The number of amides is 1. The molecule has 1 amide bonds. The molecule has 46 heavy (non-hydrogen) atoms. The van der Waals surface area contributed by atoms with Crippen LogP contribution < -0.4 is 5.32 Å². The van der Waals surface area contributed by atoms with Crippen molar-refractivity contribution >= 4 is 22.1 Å². The maximum absolute atomic E-state index is 13.8. The van der Waals surface area contributed by atoms with Crippen molar-refractivity contribution in [2.45, 2.75) is 70.8 Å². The van der Waals surface area contributed by atoms with Gasteiger partial charge in [0.25, 0.3) is 10.0 Å². The van der Waals surface area contributed by atoms with Crippen molar-refractivity contribution in [3.8, 4) is 11.1 Å². The minimum Gasteiger partial charge on any atom is -0.480 e. The van der Waals surface area contributed by atoms with Gasteiger partial charge in [-0.1, -0.05) is 87.5 Å². The van der Waals surface area contributed by atoms with Gasteiger partial charge in [-0.05, 0) is 60.2 Å². The summed E-state index contributed by atoms with van der Waals surface area (Å²) in [6, 6.07) is 26.6. The Bertz CT molecular complexity index is 1740. The Balaban J connectivity index is 1.53. The van der Waals surface area contributed by atoms with Crippen molar-refractivity contribution in [1.29, 1.82) is 0 Å². The van der Waals surface area contributed by atoms with E-state index in [9.17, 15) is 23.1 Å². The molecule has 0 saturated heterocycles. The number of aromatic nitrogens is 2. The summed E-state index contributed by atoms with van der Waals surface area (Å²) in [6.07, 6.45) is 0.793. The van der Waals surface area contributed by atoms with Gasteiger partial charge in [0, 0.05) is 24.9 Å². The number of ether oxygens (including phenoxy) is 1. The number of nitrogens with zero attached hydrogens (tertiary/aromatic N) is 3. The van der Waals surface area contributed by atoms with Crippen molar-refractivity contribution in [2.75, 3.05) is 0 Å². The van der Waals surface area contributed by atoms with Crippen molar-refractivity contribution in [3.63, 3.8) is 0 Å². The van der Waals surface area contributed by atoms with Gasteiger partial charge in [-0.15, -0.1) is 0 Å². The van der Waals surface area contributed by atoms with Crippen LogP contribution in [0.15, 0.2) is 102 Å². The van der Waals surface area contributed by atoms with Crippen LogP contribution in [0.2, 0.25) is 0 Å². The van der Waals surface area contributed by atoms with Crippen molar-refractivity contribution in [1.82, 2.24) is 19.6 Å². The Kier molecular flexibility index (Phi) is 10.6. The van der Waals surface area contributed by atoms with Crippen LogP contribution in [0, 0.1) is 5.41 Å². The lowest BCUT2D eigenvalue weighted by molar-refractivity contribution is -0.142. The van der Waals surface area contributed by atoms with Crippen LogP contribution in [-0.2, 0) is 39.1 Å². The number of sulfonamides is 1. The molecule has 0 radical (unpaired) electrons. The number of pyridine rings is 2. The number of hydrogen-bond donors (Lipinski definition) is 2. The van der Waals surface area contributed by atoms with Crippen LogP contribution in [0.5, 0.6) is 0 Å². The van der Waals surface area contributed by atoms with E-state index in [-0.39, 0.29) is 24.5 Å². The van der Waals surface area contributed by atoms with Crippen LogP contribution in [0.4, 0.5) is 4.79 Å². The van der Waals surface area contributed by atoms with Crippen LogP contribution in [0.25, 0.3) is 11.1 Å². The normalized spacial score (nSPS) is 12.8. The van der Waals surface area contributed by atoms with Crippen molar-refractivity contribution in [3.05, 3.63) is 114 Å². The molecule has 0 aliphatic heterocycles. The largest absolute Gasteiger partial charge is 0.480 e.